The molecule has 2 N–H and O–H groups in total. The van der Waals surface area contributed by atoms with Gasteiger partial charge in [0.25, 0.3) is 0 Å². The van der Waals surface area contributed by atoms with Crippen LogP contribution in [0.2, 0.25) is 0 Å². The first-order chi connectivity index (χ1) is 13.1. The van der Waals surface area contributed by atoms with Crippen molar-refractivity contribution in [1.82, 2.24) is 15.5 Å². The molecule has 1 aliphatic rings. The second kappa shape index (κ2) is 11.0. The normalized spacial score (nSPS) is 14.2. The Balaban J connectivity index is 1.73. The number of para-hydroxylation sites is 1. The Morgan fingerprint density at radius 2 is 1.59 bits per heavy atom. The highest BCUT2D eigenvalue weighted by Gasteiger charge is 2.16. The van der Waals surface area contributed by atoms with Crippen LogP contribution in [-0.4, -0.2) is 76.5 Å². The van der Waals surface area contributed by atoms with Gasteiger partial charge in [0.2, 0.25) is 5.96 Å². The highest BCUT2D eigenvalue weighted by Crippen LogP contribution is 2.15. The number of nitrogens with zero attached hydrogens (tertiary/aromatic N) is 3. The van der Waals surface area contributed by atoms with Gasteiger partial charge in [-0.25, -0.2) is 9.59 Å². The number of nitrogens with one attached hydrogen (secondary N) is 2. The number of methoxy groups -OCH3 is 2. The van der Waals surface area contributed by atoms with Crippen LogP contribution in [0.3, 0.4) is 0 Å². The predicted molar refractivity (Wildman–Crippen MR) is 103 cm³/mol. The van der Waals surface area contributed by atoms with Crippen LogP contribution in [0.4, 0.5) is 15.3 Å². The van der Waals surface area contributed by atoms with Crippen molar-refractivity contribution in [3.63, 3.8) is 0 Å². The van der Waals surface area contributed by atoms with Gasteiger partial charge >= 0.3 is 12.2 Å². The Hall–Kier alpha value is -2.81. The lowest BCUT2D eigenvalue weighted by molar-refractivity contribution is 0.173. The van der Waals surface area contributed by atoms with E-state index in [9.17, 15) is 9.59 Å². The van der Waals surface area contributed by atoms with Crippen LogP contribution in [0.5, 0.6) is 0 Å². The molecule has 1 aliphatic heterocycles. The quantitative estimate of drug-likeness (QED) is 0.456. The van der Waals surface area contributed by atoms with E-state index in [1.807, 2.05) is 6.07 Å². The molecule has 0 spiro atoms. The molecule has 148 valence electrons. The summed E-state index contributed by atoms with van der Waals surface area (Å²) in [6, 6.07) is 10.4. The summed E-state index contributed by atoms with van der Waals surface area (Å²) >= 11 is 0. The van der Waals surface area contributed by atoms with Crippen LogP contribution in [0.15, 0.2) is 35.3 Å². The number of rotatable bonds is 5. The number of hydrogen-bond donors (Lipinski definition) is 2. The van der Waals surface area contributed by atoms with Crippen molar-refractivity contribution >= 4 is 23.8 Å². The van der Waals surface area contributed by atoms with E-state index in [2.05, 4.69) is 59.2 Å². The monoisotopic (exact) mass is 377 g/mol. The number of amides is 2. The van der Waals surface area contributed by atoms with Crippen LogP contribution >= 0.6 is 0 Å². The third-order valence-electron chi connectivity index (χ3n) is 4.21. The summed E-state index contributed by atoms with van der Waals surface area (Å²) in [5.74, 6) is 0.0163. The van der Waals surface area contributed by atoms with Gasteiger partial charge in [-0.05, 0) is 18.6 Å². The van der Waals surface area contributed by atoms with E-state index in [4.69, 9.17) is 0 Å². The number of guanidine groups is 1. The third-order valence-corrected chi connectivity index (χ3v) is 4.21. The molecular weight excluding hydrogens is 350 g/mol. The summed E-state index contributed by atoms with van der Waals surface area (Å²) in [6.45, 7) is 5.33. The van der Waals surface area contributed by atoms with Crippen molar-refractivity contribution < 1.29 is 19.1 Å². The molecule has 1 heterocycles. The Labute approximate surface area is 159 Å². The molecule has 9 heteroatoms. The number of anilines is 1. The van der Waals surface area contributed by atoms with Gasteiger partial charge in [-0.15, -0.1) is 0 Å². The average molecular weight is 377 g/mol. The van der Waals surface area contributed by atoms with Crippen LogP contribution in [0.1, 0.15) is 6.42 Å². The lowest BCUT2D eigenvalue weighted by Gasteiger charge is -2.36. The van der Waals surface area contributed by atoms with Crippen molar-refractivity contribution in [1.29, 1.82) is 0 Å². The molecule has 2 amide bonds. The van der Waals surface area contributed by atoms with Crippen LogP contribution < -0.4 is 15.5 Å². The smallest absolute Gasteiger partial charge is 0.413 e. The van der Waals surface area contributed by atoms with Gasteiger partial charge in [0.1, 0.15) is 0 Å². The van der Waals surface area contributed by atoms with Gasteiger partial charge in [0.05, 0.1) is 14.2 Å². The van der Waals surface area contributed by atoms with Crippen LogP contribution in [-0.2, 0) is 9.47 Å². The SMILES string of the molecule is COC(=O)NC(=NCCCN1CCN(c2ccccc2)CC1)NC(=O)OC. The molecule has 0 aliphatic carbocycles. The fourth-order valence-corrected chi connectivity index (χ4v) is 2.76. The van der Waals surface area contributed by atoms with E-state index in [-0.39, 0.29) is 5.96 Å². The highest BCUT2D eigenvalue weighted by atomic mass is 16.5. The Kier molecular flexibility index (Phi) is 8.37. The maximum Gasteiger partial charge on any atom is 0.413 e. The number of benzene rings is 1. The van der Waals surface area contributed by atoms with Gasteiger partial charge in [-0.2, -0.15) is 0 Å². The first-order valence-electron chi connectivity index (χ1n) is 8.89. The Bertz CT molecular complexity index is 610. The van der Waals surface area contributed by atoms with Crippen molar-refractivity contribution in [2.45, 2.75) is 6.42 Å². The fraction of sp³-hybridized carbons (Fsp3) is 0.500. The molecule has 0 radical (unpaired) electrons. The molecule has 0 atom stereocenters. The van der Waals surface area contributed by atoms with Crippen molar-refractivity contribution in [2.24, 2.45) is 4.99 Å². The van der Waals surface area contributed by atoms with Gasteiger partial charge in [-0.1, -0.05) is 18.2 Å². The molecule has 1 aromatic rings. The van der Waals surface area contributed by atoms with Gasteiger partial charge in [0.15, 0.2) is 0 Å². The fourth-order valence-electron chi connectivity index (χ4n) is 2.76. The summed E-state index contributed by atoms with van der Waals surface area (Å²) in [5.41, 5.74) is 1.26. The summed E-state index contributed by atoms with van der Waals surface area (Å²) < 4.78 is 9.02. The third kappa shape index (κ3) is 7.14. The van der Waals surface area contributed by atoms with E-state index < -0.39 is 12.2 Å². The zero-order valence-electron chi connectivity index (χ0n) is 15.8. The lowest BCUT2D eigenvalue weighted by Crippen LogP contribution is -2.46. The van der Waals surface area contributed by atoms with Crippen LogP contribution in [0.25, 0.3) is 0 Å². The Morgan fingerprint density at radius 3 is 2.15 bits per heavy atom. The van der Waals surface area contributed by atoms with Gasteiger partial charge < -0.3 is 14.4 Å². The second-order valence-corrected chi connectivity index (χ2v) is 5.98. The first-order valence-corrected chi connectivity index (χ1v) is 8.89. The maximum absolute atomic E-state index is 11.3. The summed E-state index contributed by atoms with van der Waals surface area (Å²) in [6.07, 6.45) is -0.607. The molecule has 1 saturated heterocycles. The first kappa shape index (κ1) is 20.5. The van der Waals surface area contributed by atoms with Gasteiger partial charge in [0, 0.05) is 45.0 Å². The van der Waals surface area contributed by atoms with E-state index in [0.717, 1.165) is 39.1 Å². The minimum atomic E-state index is -0.706. The predicted octanol–water partition coefficient (Wildman–Crippen LogP) is 1.27. The number of carbonyl (C=O) groups excluding carboxylic acids is 2. The van der Waals surface area contributed by atoms with Crippen LogP contribution in [0, 0.1) is 0 Å². The maximum atomic E-state index is 11.3. The van der Waals surface area contributed by atoms with Crippen molar-refractivity contribution in [2.75, 3.05) is 58.4 Å². The minimum absolute atomic E-state index is 0.0163. The standard InChI is InChI=1S/C18H27N5O4/c1-26-17(24)20-16(21-18(25)27-2)19-9-6-10-22-11-13-23(14-12-22)15-7-4-3-5-8-15/h3-5,7-8H,6,9-14H2,1-2H3,(H2,19,20,21,24,25). The summed E-state index contributed by atoms with van der Waals surface area (Å²) in [5, 5.41) is 4.70. The number of hydrogen-bond acceptors (Lipinski definition) is 7. The van der Waals surface area contributed by atoms with E-state index in [1.165, 1.54) is 19.9 Å². The molecule has 0 saturated carbocycles. The van der Waals surface area contributed by atoms with Gasteiger partial charge in [-0.3, -0.25) is 20.5 Å². The number of alkyl carbamates (subject to hydrolysis) is 2. The second-order valence-electron chi connectivity index (χ2n) is 5.98. The highest BCUT2D eigenvalue weighted by molar-refractivity contribution is 6.01. The molecule has 1 aromatic carbocycles. The molecule has 1 fully saturated rings. The molecule has 0 bridgehead atoms. The zero-order valence-corrected chi connectivity index (χ0v) is 15.8. The number of aliphatic imine (C=N–C) groups is 1. The van der Waals surface area contributed by atoms with E-state index >= 15 is 0 Å². The summed E-state index contributed by atoms with van der Waals surface area (Å²) in [4.78, 5) is 31.6. The molecular formula is C18H27N5O4. The van der Waals surface area contributed by atoms with Crippen molar-refractivity contribution in [3.8, 4) is 0 Å². The largest absolute Gasteiger partial charge is 0.453 e. The molecule has 9 nitrogen and oxygen atoms in total. The van der Waals surface area contributed by atoms with E-state index in [0.29, 0.717) is 6.54 Å². The molecule has 27 heavy (non-hydrogen) atoms. The number of piperazine rings is 1. The van der Waals surface area contributed by atoms with Crippen molar-refractivity contribution in [3.05, 3.63) is 30.3 Å². The number of ether oxygens (including phenoxy) is 2. The van der Waals surface area contributed by atoms with E-state index in [1.54, 1.807) is 0 Å². The number of carbonyl (C=O) groups is 2. The molecule has 0 unspecified atom stereocenters. The lowest BCUT2D eigenvalue weighted by atomic mass is 10.2. The topological polar surface area (TPSA) is 95.5 Å². The molecule has 0 aromatic heterocycles. The average Bonchev–Trinajstić information content (AvgIpc) is 2.71. The zero-order chi connectivity index (χ0) is 19.5. The Morgan fingerprint density at radius 1 is 1.00 bits per heavy atom. The minimum Gasteiger partial charge on any atom is -0.453 e. The molecule has 2 rings (SSSR count). The summed E-state index contributed by atoms with van der Waals surface area (Å²) in [7, 11) is 2.47.